The third-order valence-electron chi connectivity index (χ3n) is 4.62. The van der Waals surface area contributed by atoms with Gasteiger partial charge < -0.3 is 9.88 Å². The molecule has 0 spiro atoms. The molecular weight excluding hydrogens is 334 g/mol. The molecular formula is C23H27N3O. The number of amides is 1. The van der Waals surface area contributed by atoms with Gasteiger partial charge in [-0.2, -0.15) is 0 Å². The molecule has 0 saturated heterocycles. The van der Waals surface area contributed by atoms with Crippen LogP contribution >= 0.6 is 0 Å². The molecule has 27 heavy (non-hydrogen) atoms. The number of carbonyl (C=O) groups is 1. The number of nitrogens with zero attached hydrogens (tertiary/aromatic N) is 2. The number of aryl methyl sites for hydroxylation is 3. The van der Waals surface area contributed by atoms with Crippen LogP contribution in [-0.4, -0.2) is 22.0 Å². The van der Waals surface area contributed by atoms with E-state index in [0.717, 1.165) is 43.6 Å². The van der Waals surface area contributed by atoms with Crippen molar-refractivity contribution in [2.45, 2.75) is 39.2 Å². The van der Waals surface area contributed by atoms with Gasteiger partial charge in [0, 0.05) is 19.5 Å². The maximum atomic E-state index is 11.5. The molecule has 140 valence electrons. The summed E-state index contributed by atoms with van der Waals surface area (Å²) < 4.78 is 2.34. The topological polar surface area (TPSA) is 46.9 Å². The van der Waals surface area contributed by atoms with Gasteiger partial charge in [-0.3, -0.25) is 4.79 Å². The molecule has 4 heteroatoms. The minimum Gasteiger partial charge on any atom is -0.353 e. The highest BCUT2D eigenvalue weighted by atomic mass is 16.1. The standard InChI is InChI=1S/C23H27N3O/c1-2-10-23(27)24-17-8-16-22-25-20-14-6-7-15-21(20)26(22)18-9-13-19-11-4-3-5-12-19/h2-7,10-12,14-15H,8-9,13,16-18H2,1H3,(H,24,27)/b10-2-. The highest BCUT2D eigenvalue weighted by Gasteiger charge is 2.10. The number of allylic oxidation sites excluding steroid dienone is 1. The Morgan fingerprint density at radius 3 is 2.63 bits per heavy atom. The second kappa shape index (κ2) is 9.72. The van der Waals surface area contributed by atoms with Crippen molar-refractivity contribution in [3.63, 3.8) is 0 Å². The number of para-hydroxylation sites is 2. The average Bonchev–Trinajstić information content (AvgIpc) is 3.04. The van der Waals surface area contributed by atoms with E-state index in [1.54, 1.807) is 12.2 Å². The summed E-state index contributed by atoms with van der Waals surface area (Å²) >= 11 is 0. The van der Waals surface area contributed by atoms with E-state index >= 15 is 0 Å². The second-order valence-corrected chi connectivity index (χ2v) is 6.65. The van der Waals surface area contributed by atoms with Gasteiger partial charge in [0.1, 0.15) is 5.82 Å². The van der Waals surface area contributed by atoms with Crippen molar-refractivity contribution >= 4 is 16.9 Å². The molecule has 0 atom stereocenters. The molecule has 1 aromatic heterocycles. The van der Waals surface area contributed by atoms with Crippen LogP contribution in [0.2, 0.25) is 0 Å². The zero-order valence-corrected chi connectivity index (χ0v) is 15.9. The van der Waals surface area contributed by atoms with Gasteiger partial charge >= 0.3 is 0 Å². The smallest absolute Gasteiger partial charge is 0.243 e. The Morgan fingerprint density at radius 2 is 1.81 bits per heavy atom. The summed E-state index contributed by atoms with van der Waals surface area (Å²) in [5.74, 6) is 1.07. The van der Waals surface area contributed by atoms with Crippen LogP contribution in [0.15, 0.2) is 66.7 Å². The summed E-state index contributed by atoms with van der Waals surface area (Å²) in [6, 6.07) is 18.9. The average molecular weight is 361 g/mol. The molecule has 0 fully saturated rings. The monoisotopic (exact) mass is 361 g/mol. The molecule has 4 nitrogen and oxygen atoms in total. The van der Waals surface area contributed by atoms with Crippen LogP contribution in [-0.2, 0) is 24.2 Å². The zero-order chi connectivity index (χ0) is 18.9. The Hall–Kier alpha value is -2.88. The van der Waals surface area contributed by atoms with E-state index < -0.39 is 0 Å². The fourth-order valence-electron chi connectivity index (χ4n) is 3.32. The highest BCUT2D eigenvalue weighted by Crippen LogP contribution is 2.18. The SMILES string of the molecule is C/C=C\C(=O)NCCCc1nc2ccccc2n1CCCc1ccccc1. The fraction of sp³-hybridized carbons (Fsp3) is 0.304. The quantitative estimate of drug-likeness (QED) is 0.456. The first-order chi connectivity index (χ1) is 13.3. The third-order valence-corrected chi connectivity index (χ3v) is 4.62. The zero-order valence-electron chi connectivity index (χ0n) is 15.9. The van der Waals surface area contributed by atoms with Gasteiger partial charge in [0.05, 0.1) is 11.0 Å². The molecule has 1 amide bonds. The number of benzene rings is 2. The van der Waals surface area contributed by atoms with Crippen molar-refractivity contribution in [2.24, 2.45) is 0 Å². The lowest BCUT2D eigenvalue weighted by atomic mass is 10.1. The van der Waals surface area contributed by atoms with Crippen LogP contribution in [0.5, 0.6) is 0 Å². The Kier molecular flexibility index (Phi) is 6.80. The summed E-state index contributed by atoms with van der Waals surface area (Å²) in [4.78, 5) is 16.3. The van der Waals surface area contributed by atoms with E-state index in [1.165, 1.54) is 11.1 Å². The third kappa shape index (κ3) is 5.30. The molecule has 1 heterocycles. The predicted molar refractivity (Wildman–Crippen MR) is 111 cm³/mol. The van der Waals surface area contributed by atoms with Crippen LogP contribution in [0, 0.1) is 0 Å². The van der Waals surface area contributed by atoms with Crippen molar-refractivity contribution < 1.29 is 4.79 Å². The number of fused-ring (bicyclic) bond motifs is 1. The number of rotatable bonds is 9. The van der Waals surface area contributed by atoms with Crippen molar-refractivity contribution in [2.75, 3.05) is 6.54 Å². The largest absolute Gasteiger partial charge is 0.353 e. The molecule has 0 unspecified atom stereocenters. The summed E-state index contributed by atoms with van der Waals surface area (Å²) in [7, 11) is 0. The first-order valence-corrected chi connectivity index (χ1v) is 9.66. The van der Waals surface area contributed by atoms with Gasteiger partial charge in [0.15, 0.2) is 0 Å². The van der Waals surface area contributed by atoms with E-state index in [2.05, 4.69) is 58.4 Å². The van der Waals surface area contributed by atoms with Gasteiger partial charge in [-0.25, -0.2) is 4.98 Å². The van der Waals surface area contributed by atoms with E-state index in [0.29, 0.717) is 6.54 Å². The predicted octanol–water partition coefficient (Wildman–Crippen LogP) is 4.29. The van der Waals surface area contributed by atoms with Crippen LogP contribution in [0.3, 0.4) is 0 Å². The number of imidazole rings is 1. The van der Waals surface area contributed by atoms with Gasteiger partial charge in [-0.1, -0.05) is 48.5 Å². The summed E-state index contributed by atoms with van der Waals surface area (Å²) in [6.45, 7) is 3.46. The number of nitrogens with one attached hydrogen (secondary N) is 1. The van der Waals surface area contributed by atoms with Crippen LogP contribution < -0.4 is 5.32 Å². The van der Waals surface area contributed by atoms with Crippen molar-refractivity contribution in [3.05, 3.63) is 78.1 Å². The summed E-state index contributed by atoms with van der Waals surface area (Å²) in [5, 5.41) is 2.91. The van der Waals surface area contributed by atoms with Crippen molar-refractivity contribution in [1.82, 2.24) is 14.9 Å². The van der Waals surface area contributed by atoms with Gasteiger partial charge in [-0.15, -0.1) is 0 Å². The van der Waals surface area contributed by atoms with Gasteiger partial charge in [-0.05, 0) is 50.0 Å². The van der Waals surface area contributed by atoms with Crippen molar-refractivity contribution in [1.29, 1.82) is 0 Å². The molecule has 0 aliphatic rings. The normalized spacial score (nSPS) is 11.3. The molecule has 0 aliphatic heterocycles. The second-order valence-electron chi connectivity index (χ2n) is 6.65. The fourth-order valence-corrected chi connectivity index (χ4v) is 3.32. The minimum atomic E-state index is -0.0335. The molecule has 0 saturated carbocycles. The Balaban J connectivity index is 1.63. The Morgan fingerprint density at radius 1 is 1.04 bits per heavy atom. The molecule has 2 aromatic carbocycles. The summed E-state index contributed by atoms with van der Waals surface area (Å²) in [6.07, 6.45) is 7.18. The number of hydrogen-bond acceptors (Lipinski definition) is 2. The maximum absolute atomic E-state index is 11.5. The molecule has 3 aromatic rings. The first-order valence-electron chi connectivity index (χ1n) is 9.66. The molecule has 0 bridgehead atoms. The number of aromatic nitrogens is 2. The molecule has 1 N–H and O–H groups in total. The molecule has 3 rings (SSSR count). The van der Waals surface area contributed by atoms with Gasteiger partial charge in [0.25, 0.3) is 0 Å². The van der Waals surface area contributed by atoms with Crippen LogP contribution in [0.4, 0.5) is 0 Å². The van der Waals surface area contributed by atoms with E-state index in [9.17, 15) is 4.79 Å². The maximum Gasteiger partial charge on any atom is 0.243 e. The Bertz CT molecular complexity index is 896. The first kappa shape index (κ1) is 18.9. The lowest BCUT2D eigenvalue weighted by Gasteiger charge is -2.10. The minimum absolute atomic E-state index is 0.0335. The number of carbonyl (C=O) groups excluding carboxylic acids is 1. The lowest BCUT2D eigenvalue weighted by molar-refractivity contribution is -0.116. The summed E-state index contributed by atoms with van der Waals surface area (Å²) in [5.41, 5.74) is 3.61. The van der Waals surface area contributed by atoms with Crippen LogP contribution in [0.25, 0.3) is 11.0 Å². The van der Waals surface area contributed by atoms with E-state index in [4.69, 9.17) is 4.98 Å². The van der Waals surface area contributed by atoms with Crippen molar-refractivity contribution in [3.8, 4) is 0 Å². The van der Waals surface area contributed by atoms with Gasteiger partial charge in [0.2, 0.25) is 5.91 Å². The molecule has 0 radical (unpaired) electrons. The molecule has 0 aliphatic carbocycles. The van der Waals surface area contributed by atoms with Crippen LogP contribution in [0.1, 0.15) is 31.2 Å². The highest BCUT2D eigenvalue weighted by molar-refractivity contribution is 5.87. The Labute approximate surface area is 160 Å². The number of hydrogen-bond donors (Lipinski definition) is 1. The van der Waals surface area contributed by atoms with E-state index in [1.807, 2.05) is 13.0 Å². The van der Waals surface area contributed by atoms with E-state index in [-0.39, 0.29) is 5.91 Å². The lowest BCUT2D eigenvalue weighted by Crippen LogP contribution is -2.22.